The van der Waals surface area contributed by atoms with Crippen molar-refractivity contribution in [2.75, 3.05) is 17.5 Å². The summed E-state index contributed by atoms with van der Waals surface area (Å²) in [5.74, 6) is 0.675. The predicted octanol–water partition coefficient (Wildman–Crippen LogP) is 5.59. The maximum absolute atomic E-state index is 13.6. The van der Waals surface area contributed by atoms with Gasteiger partial charge >= 0.3 is 0 Å². The van der Waals surface area contributed by atoms with E-state index >= 15 is 0 Å². The van der Waals surface area contributed by atoms with Gasteiger partial charge in [-0.05, 0) is 74.2 Å². The fourth-order valence-electron chi connectivity index (χ4n) is 3.70. The largest absolute Gasteiger partial charge is 0.494 e. The lowest BCUT2D eigenvalue weighted by atomic mass is 10.0. The summed E-state index contributed by atoms with van der Waals surface area (Å²) in [5.41, 5.74) is 3.39. The molecule has 0 aliphatic rings. The number of nitrogens with zero attached hydrogens (tertiary/aromatic N) is 1. The van der Waals surface area contributed by atoms with Gasteiger partial charge < -0.3 is 10.1 Å². The van der Waals surface area contributed by atoms with E-state index in [-0.39, 0.29) is 17.5 Å². The van der Waals surface area contributed by atoms with Crippen LogP contribution in [0.3, 0.4) is 0 Å². The number of hydrogen-bond donors (Lipinski definition) is 1. The van der Waals surface area contributed by atoms with Crippen LogP contribution in [0.15, 0.2) is 77.7 Å². The first kappa shape index (κ1) is 26.3. The fraction of sp³-hybridized carbons (Fsp3) is 0.321. The van der Waals surface area contributed by atoms with Crippen molar-refractivity contribution in [2.45, 2.75) is 51.5 Å². The second kappa shape index (κ2) is 11.4. The number of carbonyl (C=O) groups is 1. The number of aryl methyl sites for hydroxylation is 1. The van der Waals surface area contributed by atoms with Gasteiger partial charge in [0.05, 0.1) is 23.2 Å². The Balaban J connectivity index is 1.85. The maximum atomic E-state index is 13.6. The van der Waals surface area contributed by atoms with Gasteiger partial charge in [0.25, 0.3) is 10.0 Å². The van der Waals surface area contributed by atoms with Gasteiger partial charge in [0.2, 0.25) is 5.91 Å². The van der Waals surface area contributed by atoms with Gasteiger partial charge in [-0.3, -0.25) is 9.10 Å². The van der Waals surface area contributed by atoms with Crippen LogP contribution in [0.4, 0.5) is 5.69 Å². The summed E-state index contributed by atoms with van der Waals surface area (Å²) in [6.45, 7) is 10.1. The first-order valence-electron chi connectivity index (χ1n) is 11.8. The van der Waals surface area contributed by atoms with Crippen LogP contribution in [-0.4, -0.2) is 27.5 Å². The van der Waals surface area contributed by atoms with Gasteiger partial charge in [-0.2, -0.15) is 0 Å². The average molecular weight is 495 g/mol. The number of rotatable bonds is 10. The van der Waals surface area contributed by atoms with E-state index in [9.17, 15) is 13.2 Å². The standard InChI is InChI=1S/C28H34N2O4S/c1-6-34-26-15-11-24(12-16-26)22(5)29-28(31)19-30(25-13-9-23(10-14-25)20(2)3)35(32,33)27-17-7-21(4)8-18-27/h7-18,20,22H,6,19H2,1-5H3,(H,29,31)/t22-/m1/s1. The first-order chi connectivity index (χ1) is 16.6. The van der Waals surface area contributed by atoms with Crippen molar-refractivity contribution in [1.29, 1.82) is 0 Å². The zero-order chi connectivity index (χ0) is 25.6. The van der Waals surface area contributed by atoms with Crippen LogP contribution in [0, 0.1) is 6.92 Å². The molecule has 0 bridgehead atoms. The van der Waals surface area contributed by atoms with Crippen molar-refractivity contribution in [3.05, 3.63) is 89.5 Å². The summed E-state index contributed by atoms with van der Waals surface area (Å²) in [6.07, 6.45) is 0. The Kier molecular flexibility index (Phi) is 8.57. The molecule has 3 rings (SSSR count). The average Bonchev–Trinajstić information content (AvgIpc) is 2.83. The first-order valence-corrected chi connectivity index (χ1v) is 13.3. The highest BCUT2D eigenvalue weighted by molar-refractivity contribution is 7.92. The predicted molar refractivity (Wildman–Crippen MR) is 140 cm³/mol. The number of benzene rings is 3. The van der Waals surface area contributed by atoms with Gasteiger partial charge in [0.1, 0.15) is 12.3 Å². The molecule has 0 aromatic heterocycles. The molecular weight excluding hydrogens is 460 g/mol. The highest BCUT2D eigenvalue weighted by Gasteiger charge is 2.28. The normalized spacial score (nSPS) is 12.3. The summed E-state index contributed by atoms with van der Waals surface area (Å²) in [4.78, 5) is 13.2. The molecule has 0 heterocycles. The number of nitrogens with one attached hydrogen (secondary N) is 1. The quantitative estimate of drug-likeness (QED) is 0.399. The van der Waals surface area contributed by atoms with Crippen LogP contribution in [0.2, 0.25) is 0 Å². The van der Waals surface area contributed by atoms with Gasteiger partial charge in [-0.15, -0.1) is 0 Å². The van der Waals surface area contributed by atoms with Crippen molar-refractivity contribution in [1.82, 2.24) is 5.32 Å². The summed E-state index contributed by atoms with van der Waals surface area (Å²) in [5, 5.41) is 2.92. The van der Waals surface area contributed by atoms with Crippen LogP contribution < -0.4 is 14.4 Å². The lowest BCUT2D eigenvalue weighted by Gasteiger charge is -2.25. The van der Waals surface area contributed by atoms with Gasteiger partial charge in [0, 0.05) is 0 Å². The van der Waals surface area contributed by atoms with Crippen molar-refractivity contribution >= 4 is 21.6 Å². The third-order valence-corrected chi connectivity index (χ3v) is 7.60. The Morgan fingerprint density at radius 2 is 1.46 bits per heavy atom. The van der Waals surface area contributed by atoms with Crippen LogP contribution in [-0.2, 0) is 14.8 Å². The molecule has 0 radical (unpaired) electrons. The molecule has 6 nitrogen and oxygen atoms in total. The number of anilines is 1. The molecule has 1 N–H and O–H groups in total. The Morgan fingerprint density at radius 3 is 2.00 bits per heavy atom. The van der Waals surface area contributed by atoms with Crippen LogP contribution in [0.5, 0.6) is 5.75 Å². The number of ether oxygens (including phenoxy) is 1. The minimum Gasteiger partial charge on any atom is -0.494 e. The molecule has 1 amide bonds. The zero-order valence-electron chi connectivity index (χ0n) is 21.0. The number of sulfonamides is 1. The van der Waals surface area contributed by atoms with E-state index in [0.29, 0.717) is 18.2 Å². The monoisotopic (exact) mass is 494 g/mol. The van der Waals surface area contributed by atoms with Crippen molar-refractivity contribution in [2.24, 2.45) is 0 Å². The van der Waals surface area contributed by atoms with Gasteiger partial charge in [-0.1, -0.05) is 55.8 Å². The summed E-state index contributed by atoms with van der Waals surface area (Å²) >= 11 is 0. The Hall–Kier alpha value is -3.32. The third-order valence-electron chi connectivity index (χ3n) is 5.81. The molecular formula is C28H34N2O4S. The molecule has 0 spiro atoms. The van der Waals surface area contributed by atoms with E-state index < -0.39 is 15.9 Å². The minimum atomic E-state index is -3.96. The summed E-state index contributed by atoms with van der Waals surface area (Å²) < 4.78 is 33.8. The molecule has 3 aromatic rings. The Bertz CT molecular complexity index is 1220. The third kappa shape index (κ3) is 6.63. The molecule has 3 aromatic carbocycles. The number of carbonyl (C=O) groups excluding carboxylic acids is 1. The molecule has 35 heavy (non-hydrogen) atoms. The highest BCUT2D eigenvalue weighted by atomic mass is 32.2. The highest BCUT2D eigenvalue weighted by Crippen LogP contribution is 2.26. The Morgan fingerprint density at radius 1 is 0.886 bits per heavy atom. The van der Waals surface area contributed by atoms with Gasteiger partial charge in [0.15, 0.2) is 0 Å². The van der Waals surface area contributed by atoms with Crippen molar-refractivity contribution < 1.29 is 17.9 Å². The molecule has 186 valence electrons. The lowest BCUT2D eigenvalue weighted by Crippen LogP contribution is -2.41. The molecule has 0 unspecified atom stereocenters. The Labute approximate surface area is 209 Å². The van der Waals surface area contributed by atoms with E-state index in [1.54, 1.807) is 36.4 Å². The van der Waals surface area contributed by atoms with Gasteiger partial charge in [-0.25, -0.2) is 8.42 Å². The minimum absolute atomic E-state index is 0.142. The van der Waals surface area contributed by atoms with E-state index in [1.807, 2.05) is 57.2 Å². The number of hydrogen-bond acceptors (Lipinski definition) is 4. The summed E-state index contributed by atoms with van der Waals surface area (Å²) in [7, 11) is -3.96. The van der Waals surface area contributed by atoms with E-state index in [0.717, 1.165) is 22.4 Å². The van der Waals surface area contributed by atoms with Crippen LogP contribution >= 0.6 is 0 Å². The smallest absolute Gasteiger partial charge is 0.264 e. The molecule has 0 saturated heterocycles. The van der Waals surface area contributed by atoms with E-state index in [1.165, 1.54) is 4.31 Å². The van der Waals surface area contributed by atoms with Crippen molar-refractivity contribution in [3.8, 4) is 5.75 Å². The van der Waals surface area contributed by atoms with E-state index in [4.69, 9.17) is 4.74 Å². The van der Waals surface area contributed by atoms with Crippen molar-refractivity contribution in [3.63, 3.8) is 0 Å². The molecule has 7 heteroatoms. The zero-order valence-corrected chi connectivity index (χ0v) is 21.8. The lowest BCUT2D eigenvalue weighted by molar-refractivity contribution is -0.120. The van der Waals surface area contributed by atoms with Crippen LogP contribution in [0.1, 0.15) is 56.3 Å². The SMILES string of the molecule is CCOc1ccc([C@@H](C)NC(=O)CN(c2ccc(C(C)C)cc2)S(=O)(=O)c2ccc(C)cc2)cc1. The molecule has 0 fully saturated rings. The molecule has 0 saturated carbocycles. The molecule has 1 atom stereocenters. The second-order valence-electron chi connectivity index (χ2n) is 8.86. The summed E-state index contributed by atoms with van der Waals surface area (Å²) in [6, 6.07) is 21.1. The fourth-order valence-corrected chi connectivity index (χ4v) is 5.12. The molecule has 0 aliphatic heterocycles. The topological polar surface area (TPSA) is 75.7 Å². The number of amides is 1. The second-order valence-corrected chi connectivity index (χ2v) is 10.7. The van der Waals surface area contributed by atoms with E-state index in [2.05, 4.69) is 19.2 Å². The maximum Gasteiger partial charge on any atom is 0.264 e. The van der Waals surface area contributed by atoms with Crippen LogP contribution in [0.25, 0.3) is 0 Å². The molecule has 0 aliphatic carbocycles.